The summed E-state index contributed by atoms with van der Waals surface area (Å²) in [5.41, 5.74) is 14.4. The number of nitrogens with two attached hydrogens (primary N) is 2. The standard InChI is InChI=1S/C17H23ClN4O/c1-23-12-2-3-14-13(10-12)17(20)16(18)15(21-14)6-9-22-7-4-11(19)5-8-22/h2-3,10-11H,4-9,19H2,1H3,(H2,20,21). The molecule has 0 bridgehead atoms. The van der Waals surface area contributed by atoms with E-state index in [2.05, 4.69) is 4.90 Å². The number of nitrogen functional groups attached to an aromatic ring is 1. The molecule has 1 aliphatic rings. The number of pyridine rings is 1. The van der Waals surface area contributed by atoms with Crippen LogP contribution in [0.25, 0.3) is 10.9 Å². The smallest absolute Gasteiger partial charge is 0.119 e. The van der Waals surface area contributed by atoms with Gasteiger partial charge in [0.1, 0.15) is 5.75 Å². The molecule has 0 spiro atoms. The van der Waals surface area contributed by atoms with Crippen molar-refractivity contribution < 1.29 is 4.74 Å². The summed E-state index contributed by atoms with van der Waals surface area (Å²) >= 11 is 6.44. The Hall–Kier alpha value is -1.56. The van der Waals surface area contributed by atoms with E-state index in [1.54, 1.807) is 7.11 Å². The Morgan fingerprint density at radius 2 is 2.09 bits per heavy atom. The Kier molecular flexibility index (Phi) is 4.90. The van der Waals surface area contributed by atoms with Gasteiger partial charge in [-0.25, -0.2) is 0 Å². The van der Waals surface area contributed by atoms with E-state index in [4.69, 9.17) is 32.8 Å². The maximum absolute atomic E-state index is 6.44. The molecule has 0 radical (unpaired) electrons. The van der Waals surface area contributed by atoms with Crippen LogP contribution in [0.15, 0.2) is 18.2 Å². The first-order valence-electron chi connectivity index (χ1n) is 7.98. The minimum atomic E-state index is 0.347. The van der Waals surface area contributed by atoms with E-state index in [1.165, 1.54) is 0 Å². The Balaban J connectivity index is 1.79. The van der Waals surface area contributed by atoms with Crippen molar-refractivity contribution in [2.75, 3.05) is 32.5 Å². The molecule has 5 nitrogen and oxygen atoms in total. The predicted octanol–water partition coefficient (Wildman–Crippen LogP) is 2.44. The van der Waals surface area contributed by atoms with Crippen LogP contribution >= 0.6 is 11.6 Å². The van der Waals surface area contributed by atoms with Crippen LogP contribution in [0.4, 0.5) is 5.69 Å². The van der Waals surface area contributed by atoms with Crippen LogP contribution in [-0.4, -0.2) is 42.7 Å². The number of benzene rings is 1. The van der Waals surface area contributed by atoms with Crippen molar-refractivity contribution in [1.29, 1.82) is 0 Å². The third-order valence-corrected chi connectivity index (χ3v) is 4.96. The minimum Gasteiger partial charge on any atom is -0.497 e. The average molecular weight is 335 g/mol. The summed E-state index contributed by atoms with van der Waals surface area (Å²) in [6.45, 7) is 3.01. The number of methoxy groups -OCH3 is 1. The summed E-state index contributed by atoms with van der Waals surface area (Å²) in [5, 5.41) is 1.39. The molecule has 0 atom stereocenters. The molecule has 1 aromatic carbocycles. The van der Waals surface area contributed by atoms with Gasteiger partial charge in [-0.3, -0.25) is 4.98 Å². The summed E-state index contributed by atoms with van der Waals surface area (Å²) in [7, 11) is 1.63. The first kappa shape index (κ1) is 16.3. The van der Waals surface area contributed by atoms with E-state index in [1.807, 2.05) is 18.2 Å². The van der Waals surface area contributed by atoms with Crippen molar-refractivity contribution in [2.24, 2.45) is 5.73 Å². The first-order valence-corrected chi connectivity index (χ1v) is 8.36. The minimum absolute atomic E-state index is 0.347. The van der Waals surface area contributed by atoms with Crippen LogP contribution in [0.1, 0.15) is 18.5 Å². The molecule has 0 aliphatic carbocycles. The van der Waals surface area contributed by atoms with Gasteiger partial charge >= 0.3 is 0 Å². The SMILES string of the molecule is COc1ccc2nc(CCN3CCC(N)CC3)c(Cl)c(N)c2c1. The summed E-state index contributed by atoms with van der Waals surface area (Å²) in [5.74, 6) is 0.750. The average Bonchev–Trinajstić information content (AvgIpc) is 2.58. The van der Waals surface area contributed by atoms with Gasteiger partial charge in [0.2, 0.25) is 0 Å². The highest BCUT2D eigenvalue weighted by molar-refractivity contribution is 6.35. The molecule has 2 aromatic rings. The number of rotatable bonds is 4. The fraction of sp³-hybridized carbons (Fsp3) is 0.471. The molecule has 1 aliphatic heterocycles. The van der Waals surface area contributed by atoms with E-state index in [-0.39, 0.29) is 0 Å². The number of hydrogen-bond donors (Lipinski definition) is 2. The second-order valence-corrected chi connectivity index (χ2v) is 6.48. The quantitative estimate of drug-likeness (QED) is 0.898. The molecule has 2 heterocycles. The molecule has 1 fully saturated rings. The molecular formula is C17H23ClN4O. The second kappa shape index (κ2) is 6.91. The molecule has 6 heteroatoms. The fourth-order valence-corrected chi connectivity index (χ4v) is 3.27. The van der Waals surface area contributed by atoms with Crippen molar-refractivity contribution in [3.63, 3.8) is 0 Å². The van der Waals surface area contributed by atoms with Gasteiger partial charge < -0.3 is 21.1 Å². The van der Waals surface area contributed by atoms with Gasteiger partial charge in [-0.15, -0.1) is 0 Å². The lowest BCUT2D eigenvalue weighted by Crippen LogP contribution is -2.40. The van der Waals surface area contributed by atoms with Gasteiger partial charge in [0, 0.05) is 24.4 Å². The molecule has 1 saturated heterocycles. The molecule has 3 rings (SSSR count). The van der Waals surface area contributed by atoms with E-state index in [0.29, 0.717) is 16.8 Å². The van der Waals surface area contributed by atoms with Crippen molar-refractivity contribution in [2.45, 2.75) is 25.3 Å². The van der Waals surface area contributed by atoms with Gasteiger partial charge in [-0.05, 0) is 44.1 Å². The number of fused-ring (bicyclic) bond motifs is 1. The van der Waals surface area contributed by atoms with Crippen LogP contribution in [-0.2, 0) is 6.42 Å². The summed E-state index contributed by atoms with van der Waals surface area (Å²) in [6.07, 6.45) is 2.90. The van der Waals surface area contributed by atoms with Gasteiger partial charge in [-0.1, -0.05) is 11.6 Å². The van der Waals surface area contributed by atoms with Crippen LogP contribution in [0.5, 0.6) is 5.75 Å². The highest BCUT2D eigenvalue weighted by Gasteiger charge is 2.17. The third kappa shape index (κ3) is 3.52. The number of piperidine rings is 1. The topological polar surface area (TPSA) is 77.4 Å². The maximum Gasteiger partial charge on any atom is 0.119 e. The lowest BCUT2D eigenvalue weighted by Gasteiger charge is -2.30. The van der Waals surface area contributed by atoms with Crippen molar-refractivity contribution in [1.82, 2.24) is 9.88 Å². The Morgan fingerprint density at radius 1 is 1.35 bits per heavy atom. The number of hydrogen-bond acceptors (Lipinski definition) is 5. The zero-order valence-electron chi connectivity index (χ0n) is 13.4. The number of halogens is 1. The zero-order chi connectivity index (χ0) is 16.4. The first-order chi connectivity index (χ1) is 11.1. The molecule has 0 saturated carbocycles. The monoisotopic (exact) mass is 334 g/mol. The number of likely N-dealkylation sites (tertiary alicyclic amines) is 1. The molecule has 23 heavy (non-hydrogen) atoms. The van der Waals surface area contributed by atoms with Crippen molar-refractivity contribution in [3.05, 3.63) is 28.9 Å². The van der Waals surface area contributed by atoms with Crippen LogP contribution in [0.3, 0.4) is 0 Å². The Labute approximate surface area is 141 Å². The van der Waals surface area contributed by atoms with Crippen LogP contribution in [0.2, 0.25) is 5.02 Å². The van der Waals surface area contributed by atoms with Crippen molar-refractivity contribution in [3.8, 4) is 5.75 Å². The summed E-state index contributed by atoms with van der Waals surface area (Å²) in [4.78, 5) is 7.10. The Morgan fingerprint density at radius 3 is 2.78 bits per heavy atom. The zero-order valence-corrected chi connectivity index (χ0v) is 14.1. The molecule has 124 valence electrons. The van der Waals surface area contributed by atoms with Crippen molar-refractivity contribution >= 4 is 28.2 Å². The summed E-state index contributed by atoms with van der Waals surface area (Å²) in [6, 6.07) is 6.03. The lowest BCUT2D eigenvalue weighted by molar-refractivity contribution is 0.215. The largest absolute Gasteiger partial charge is 0.497 e. The number of ether oxygens (including phenoxy) is 1. The molecule has 0 amide bonds. The normalized spacial score (nSPS) is 16.8. The van der Waals surface area contributed by atoms with Gasteiger partial charge in [-0.2, -0.15) is 0 Å². The highest BCUT2D eigenvalue weighted by Crippen LogP contribution is 2.32. The predicted molar refractivity (Wildman–Crippen MR) is 95.1 cm³/mol. The second-order valence-electron chi connectivity index (χ2n) is 6.10. The Bertz CT molecular complexity index is 699. The number of aromatic nitrogens is 1. The van der Waals surface area contributed by atoms with E-state index < -0.39 is 0 Å². The van der Waals surface area contributed by atoms with Gasteiger partial charge in [0.25, 0.3) is 0 Å². The third-order valence-electron chi connectivity index (χ3n) is 4.54. The van der Waals surface area contributed by atoms with E-state index in [0.717, 1.165) is 61.2 Å². The van der Waals surface area contributed by atoms with E-state index in [9.17, 15) is 0 Å². The molecule has 1 aromatic heterocycles. The number of anilines is 1. The molecule has 4 N–H and O–H groups in total. The van der Waals surface area contributed by atoms with Gasteiger partial charge in [0.05, 0.1) is 29.0 Å². The van der Waals surface area contributed by atoms with Gasteiger partial charge in [0.15, 0.2) is 0 Å². The number of nitrogens with zero attached hydrogens (tertiary/aromatic N) is 2. The lowest BCUT2D eigenvalue weighted by atomic mass is 10.1. The molecular weight excluding hydrogens is 312 g/mol. The van der Waals surface area contributed by atoms with Crippen LogP contribution < -0.4 is 16.2 Å². The summed E-state index contributed by atoms with van der Waals surface area (Å²) < 4.78 is 5.24. The maximum atomic E-state index is 6.44. The van der Waals surface area contributed by atoms with Crippen LogP contribution in [0, 0.1) is 0 Å². The highest BCUT2D eigenvalue weighted by atomic mass is 35.5. The van der Waals surface area contributed by atoms with E-state index >= 15 is 0 Å². The fourth-order valence-electron chi connectivity index (χ4n) is 3.03. The molecule has 0 unspecified atom stereocenters.